The minimum atomic E-state index is -3.74. The van der Waals surface area contributed by atoms with E-state index in [4.69, 9.17) is 15.4 Å². The third-order valence-electron chi connectivity index (χ3n) is 3.10. The molecule has 114 valence electrons. The fraction of sp³-hybridized carbons (Fsp3) is 0.357. The van der Waals surface area contributed by atoms with Crippen molar-refractivity contribution >= 4 is 31.3 Å². The molecule has 1 aliphatic rings. The second-order valence-electron chi connectivity index (χ2n) is 5.05. The molecular weight excluding hydrogens is 314 g/mol. The number of benzene rings is 1. The second kappa shape index (κ2) is 6.07. The average Bonchev–Trinajstić information content (AvgIpc) is 2.79. The highest BCUT2D eigenvalue weighted by Gasteiger charge is 2.38. The summed E-state index contributed by atoms with van der Waals surface area (Å²) in [6.07, 6.45) is -0.0946. The summed E-state index contributed by atoms with van der Waals surface area (Å²) in [6.45, 7) is 6.05. The monoisotopic (exact) mass is 329 g/mol. The third-order valence-corrected chi connectivity index (χ3v) is 4.97. The van der Waals surface area contributed by atoms with Gasteiger partial charge in [-0.15, -0.1) is 0 Å². The molecule has 1 aliphatic heterocycles. The van der Waals surface area contributed by atoms with Crippen LogP contribution < -0.4 is 9.64 Å². The molecule has 1 amide bonds. The van der Waals surface area contributed by atoms with E-state index in [0.717, 1.165) is 5.57 Å². The van der Waals surface area contributed by atoms with Crippen molar-refractivity contribution in [3.63, 3.8) is 0 Å². The number of amides is 1. The Labute approximate surface area is 128 Å². The molecule has 1 saturated heterocycles. The molecule has 1 heterocycles. The van der Waals surface area contributed by atoms with Crippen LogP contribution in [0.5, 0.6) is 5.75 Å². The molecule has 0 N–H and O–H groups in total. The summed E-state index contributed by atoms with van der Waals surface area (Å²) >= 11 is 0. The maximum atomic E-state index is 12.0. The largest absolute Gasteiger partial charge is 0.489 e. The summed E-state index contributed by atoms with van der Waals surface area (Å²) in [5.74, 6) is 0.335. The molecule has 1 unspecified atom stereocenters. The van der Waals surface area contributed by atoms with Crippen LogP contribution in [0.25, 0.3) is 0 Å². The fourth-order valence-electron chi connectivity index (χ4n) is 2.06. The van der Waals surface area contributed by atoms with Crippen molar-refractivity contribution < 1.29 is 17.9 Å². The highest BCUT2D eigenvalue weighted by Crippen LogP contribution is 2.29. The lowest BCUT2D eigenvalue weighted by atomic mass is 10.2. The zero-order chi connectivity index (χ0) is 15.6. The Hall–Kier alpha value is -1.53. The van der Waals surface area contributed by atoms with Gasteiger partial charge in [0.1, 0.15) is 17.6 Å². The van der Waals surface area contributed by atoms with Gasteiger partial charge in [-0.1, -0.05) is 12.6 Å². The Balaban J connectivity index is 2.17. The second-order valence-corrected chi connectivity index (χ2v) is 7.96. The summed E-state index contributed by atoms with van der Waals surface area (Å²) in [6, 6.07) is 6.94. The molecule has 0 spiro atoms. The van der Waals surface area contributed by atoms with Crippen LogP contribution in [0.15, 0.2) is 36.4 Å². The molecule has 1 aromatic rings. The van der Waals surface area contributed by atoms with E-state index in [9.17, 15) is 13.2 Å². The number of anilines is 1. The minimum Gasteiger partial charge on any atom is -0.489 e. The van der Waals surface area contributed by atoms with E-state index < -0.39 is 14.3 Å². The summed E-state index contributed by atoms with van der Waals surface area (Å²) in [5, 5.41) is -0.869. The van der Waals surface area contributed by atoms with Gasteiger partial charge >= 0.3 is 0 Å². The normalized spacial score (nSPS) is 18.9. The molecule has 21 heavy (non-hydrogen) atoms. The Morgan fingerprint density at radius 3 is 2.81 bits per heavy atom. The van der Waals surface area contributed by atoms with Crippen LogP contribution in [0.3, 0.4) is 0 Å². The minimum absolute atomic E-state index is 0.0641. The SMILES string of the molecule is C=C(C)COc1cccc(N2CC(S(=O)(=O)Cl)CC2=O)c1. The number of rotatable bonds is 5. The fourth-order valence-corrected chi connectivity index (χ4v) is 3.09. The van der Waals surface area contributed by atoms with Crippen molar-refractivity contribution in [2.45, 2.75) is 18.6 Å². The van der Waals surface area contributed by atoms with E-state index in [1.165, 1.54) is 4.90 Å². The molecule has 2 rings (SSSR count). The quantitative estimate of drug-likeness (QED) is 0.614. The van der Waals surface area contributed by atoms with Crippen LogP contribution in [0.4, 0.5) is 5.69 Å². The molecule has 7 heteroatoms. The number of carbonyl (C=O) groups excluding carboxylic acids is 1. The van der Waals surface area contributed by atoms with Gasteiger partial charge in [-0.2, -0.15) is 0 Å². The van der Waals surface area contributed by atoms with E-state index in [0.29, 0.717) is 18.0 Å². The number of halogens is 1. The van der Waals surface area contributed by atoms with Gasteiger partial charge in [0.2, 0.25) is 15.0 Å². The first-order valence-corrected chi connectivity index (χ1v) is 8.75. The van der Waals surface area contributed by atoms with E-state index in [2.05, 4.69) is 6.58 Å². The van der Waals surface area contributed by atoms with E-state index in [-0.39, 0.29) is 18.9 Å². The van der Waals surface area contributed by atoms with Gasteiger partial charge in [0.05, 0.1) is 0 Å². The average molecular weight is 330 g/mol. The van der Waals surface area contributed by atoms with E-state index in [1.807, 2.05) is 6.92 Å². The number of hydrogen-bond donors (Lipinski definition) is 0. The van der Waals surface area contributed by atoms with E-state index >= 15 is 0 Å². The van der Waals surface area contributed by atoms with Gasteiger partial charge < -0.3 is 9.64 Å². The first kappa shape index (κ1) is 15.9. The van der Waals surface area contributed by atoms with E-state index in [1.54, 1.807) is 24.3 Å². The van der Waals surface area contributed by atoms with Crippen molar-refractivity contribution in [3.05, 3.63) is 36.4 Å². The molecule has 5 nitrogen and oxygen atoms in total. The van der Waals surface area contributed by atoms with Crippen LogP contribution in [-0.4, -0.2) is 32.7 Å². The molecule has 0 aromatic heterocycles. The molecule has 0 saturated carbocycles. The lowest BCUT2D eigenvalue weighted by Crippen LogP contribution is -2.26. The number of hydrogen-bond acceptors (Lipinski definition) is 4. The zero-order valence-corrected chi connectivity index (χ0v) is 13.2. The highest BCUT2D eigenvalue weighted by molar-refractivity contribution is 8.14. The maximum Gasteiger partial charge on any atom is 0.237 e. The molecule has 0 aliphatic carbocycles. The number of carbonyl (C=O) groups is 1. The van der Waals surface area contributed by atoms with Crippen LogP contribution in [0, 0.1) is 0 Å². The Morgan fingerprint density at radius 1 is 1.52 bits per heavy atom. The zero-order valence-electron chi connectivity index (χ0n) is 11.6. The van der Waals surface area contributed by atoms with Crippen LogP contribution in [-0.2, 0) is 13.8 Å². The van der Waals surface area contributed by atoms with Gasteiger partial charge in [0.15, 0.2) is 0 Å². The van der Waals surface area contributed by atoms with Gasteiger partial charge in [0, 0.05) is 35.4 Å². The molecular formula is C14H16ClNO4S. The highest BCUT2D eigenvalue weighted by atomic mass is 35.7. The molecule has 0 radical (unpaired) electrons. The smallest absolute Gasteiger partial charge is 0.237 e. The summed E-state index contributed by atoms with van der Waals surface area (Å²) in [5.41, 5.74) is 1.48. The summed E-state index contributed by atoms with van der Waals surface area (Å²) in [4.78, 5) is 13.4. The maximum absolute atomic E-state index is 12.0. The topological polar surface area (TPSA) is 63.7 Å². The van der Waals surface area contributed by atoms with Gasteiger partial charge in [0.25, 0.3) is 0 Å². The summed E-state index contributed by atoms with van der Waals surface area (Å²) in [7, 11) is 1.59. The summed E-state index contributed by atoms with van der Waals surface area (Å²) < 4.78 is 28.2. The van der Waals surface area contributed by atoms with Gasteiger partial charge in [-0.3, -0.25) is 4.79 Å². The predicted molar refractivity (Wildman–Crippen MR) is 82.3 cm³/mol. The van der Waals surface area contributed by atoms with Crippen LogP contribution >= 0.6 is 10.7 Å². The molecule has 1 aromatic carbocycles. The number of nitrogens with zero attached hydrogens (tertiary/aromatic N) is 1. The Morgan fingerprint density at radius 2 is 2.24 bits per heavy atom. The lowest BCUT2D eigenvalue weighted by Gasteiger charge is -2.17. The van der Waals surface area contributed by atoms with Crippen molar-refractivity contribution in [1.82, 2.24) is 0 Å². The van der Waals surface area contributed by atoms with Crippen molar-refractivity contribution in [1.29, 1.82) is 0 Å². The van der Waals surface area contributed by atoms with Crippen molar-refractivity contribution in [3.8, 4) is 5.75 Å². The van der Waals surface area contributed by atoms with Crippen molar-refractivity contribution in [2.75, 3.05) is 18.1 Å². The molecule has 1 atom stereocenters. The van der Waals surface area contributed by atoms with Crippen molar-refractivity contribution in [2.24, 2.45) is 0 Å². The third kappa shape index (κ3) is 3.98. The predicted octanol–water partition coefficient (Wildman–Crippen LogP) is 2.32. The standard InChI is InChI=1S/C14H16ClNO4S/c1-10(2)9-20-12-5-3-4-11(6-12)16-8-13(7-14(16)17)21(15,18)19/h3-6,13H,1,7-9H2,2H3. The number of ether oxygens (including phenoxy) is 1. The Kier molecular flexibility index (Phi) is 4.58. The van der Waals surface area contributed by atoms with Gasteiger partial charge in [-0.25, -0.2) is 8.42 Å². The first-order chi connectivity index (χ1) is 9.77. The first-order valence-electron chi connectivity index (χ1n) is 6.38. The Bertz CT molecular complexity index is 671. The molecule has 1 fully saturated rings. The molecule has 0 bridgehead atoms. The van der Waals surface area contributed by atoms with Crippen LogP contribution in [0.2, 0.25) is 0 Å². The lowest BCUT2D eigenvalue weighted by molar-refractivity contribution is -0.117. The van der Waals surface area contributed by atoms with Crippen LogP contribution in [0.1, 0.15) is 13.3 Å². The van der Waals surface area contributed by atoms with Gasteiger partial charge in [-0.05, 0) is 24.6 Å².